The van der Waals surface area contributed by atoms with E-state index in [4.69, 9.17) is 0 Å². The van der Waals surface area contributed by atoms with Gasteiger partial charge in [-0.15, -0.1) is 0 Å². The molecule has 1 unspecified atom stereocenters. The van der Waals surface area contributed by atoms with Crippen LogP contribution in [0.3, 0.4) is 0 Å². The minimum absolute atomic E-state index is 0.0222. The molecule has 1 atom stereocenters. The van der Waals surface area contributed by atoms with Crippen LogP contribution >= 0.6 is 0 Å². The van der Waals surface area contributed by atoms with Crippen LogP contribution in [-0.2, 0) is 10.2 Å². The highest BCUT2D eigenvalue weighted by molar-refractivity contribution is 5.95. The van der Waals surface area contributed by atoms with Crippen LogP contribution in [0.2, 0.25) is 0 Å². The summed E-state index contributed by atoms with van der Waals surface area (Å²) < 4.78 is 0. The molecule has 4 rings (SSSR count). The monoisotopic (exact) mass is 352 g/mol. The topological polar surface area (TPSA) is 86.4 Å². The lowest BCUT2D eigenvalue weighted by Gasteiger charge is -2.49. The van der Waals surface area contributed by atoms with Gasteiger partial charge in [0.25, 0.3) is 11.5 Å². The fourth-order valence-corrected chi connectivity index (χ4v) is 3.96. The molecule has 2 aliphatic heterocycles. The van der Waals surface area contributed by atoms with Gasteiger partial charge in [-0.1, -0.05) is 38.1 Å². The molecule has 2 amide bonds. The Morgan fingerprint density at radius 1 is 1.19 bits per heavy atom. The SMILES string of the molecule is CC1(C)CN2C(=O)CN(C(=O)c3ccc(=O)[nH]n3)CC2c2ccccc21. The van der Waals surface area contributed by atoms with Gasteiger partial charge in [-0.2, -0.15) is 5.10 Å². The predicted octanol–water partition coefficient (Wildman–Crippen LogP) is 1.09. The first-order chi connectivity index (χ1) is 12.4. The highest BCUT2D eigenvalue weighted by Gasteiger charge is 2.44. The summed E-state index contributed by atoms with van der Waals surface area (Å²) in [4.78, 5) is 40.1. The van der Waals surface area contributed by atoms with Crippen molar-refractivity contribution in [3.63, 3.8) is 0 Å². The number of aromatic amines is 1. The zero-order chi connectivity index (χ0) is 18.5. The molecule has 0 aliphatic carbocycles. The maximum atomic E-state index is 12.8. The van der Waals surface area contributed by atoms with Crippen molar-refractivity contribution in [2.45, 2.75) is 25.3 Å². The highest BCUT2D eigenvalue weighted by Crippen LogP contribution is 2.41. The maximum Gasteiger partial charge on any atom is 0.274 e. The third kappa shape index (κ3) is 2.60. The predicted molar refractivity (Wildman–Crippen MR) is 94.7 cm³/mol. The molecule has 7 nitrogen and oxygen atoms in total. The number of hydrogen-bond donors (Lipinski definition) is 1. The van der Waals surface area contributed by atoms with Crippen molar-refractivity contribution in [1.29, 1.82) is 0 Å². The Hall–Kier alpha value is -2.96. The number of rotatable bonds is 1. The molecule has 1 fully saturated rings. The molecule has 0 radical (unpaired) electrons. The van der Waals surface area contributed by atoms with E-state index in [1.165, 1.54) is 22.6 Å². The second-order valence-corrected chi connectivity index (χ2v) is 7.50. The van der Waals surface area contributed by atoms with Crippen LogP contribution in [0.4, 0.5) is 0 Å². The van der Waals surface area contributed by atoms with E-state index in [1.807, 2.05) is 23.1 Å². The van der Waals surface area contributed by atoms with E-state index in [2.05, 4.69) is 30.1 Å². The molecule has 7 heteroatoms. The van der Waals surface area contributed by atoms with Crippen molar-refractivity contribution in [3.8, 4) is 0 Å². The molecule has 0 bridgehead atoms. The van der Waals surface area contributed by atoms with E-state index in [0.717, 1.165) is 5.56 Å². The number of carbonyl (C=O) groups excluding carboxylic acids is 2. The van der Waals surface area contributed by atoms with E-state index in [1.54, 1.807) is 0 Å². The summed E-state index contributed by atoms with van der Waals surface area (Å²) in [5.74, 6) is -0.418. The molecule has 0 saturated carbocycles. The van der Waals surface area contributed by atoms with Crippen LogP contribution in [0, 0.1) is 0 Å². The van der Waals surface area contributed by atoms with Crippen molar-refractivity contribution in [2.75, 3.05) is 19.6 Å². The third-order valence-corrected chi connectivity index (χ3v) is 5.22. The molecular formula is C19H20N4O3. The van der Waals surface area contributed by atoms with E-state index in [-0.39, 0.29) is 41.1 Å². The van der Waals surface area contributed by atoms with Gasteiger partial charge in [-0.3, -0.25) is 14.4 Å². The molecule has 2 aromatic rings. The Labute approximate surface area is 150 Å². The van der Waals surface area contributed by atoms with Crippen LogP contribution in [0.15, 0.2) is 41.2 Å². The van der Waals surface area contributed by atoms with Gasteiger partial charge in [0.1, 0.15) is 12.2 Å². The summed E-state index contributed by atoms with van der Waals surface area (Å²) in [6.07, 6.45) is 0. The number of piperazine rings is 1. The number of fused-ring (bicyclic) bond motifs is 3. The second kappa shape index (κ2) is 5.79. The first-order valence-corrected chi connectivity index (χ1v) is 8.61. The fourth-order valence-electron chi connectivity index (χ4n) is 3.96. The number of amides is 2. The minimum Gasteiger partial charge on any atom is -0.331 e. The Morgan fingerprint density at radius 2 is 1.96 bits per heavy atom. The van der Waals surface area contributed by atoms with Crippen molar-refractivity contribution in [2.24, 2.45) is 0 Å². The molecule has 3 heterocycles. The number of carbonyl (C=O) groups is 2. The van der Waals surface area contributed by atoms with Gasteiger partial charge >= 0.3 is 0 Å². The third-order valence-electron chi connectivity index (χ3n) is 5.22. The van der Waals surface area contributed by atoms with Gasteiger partial charge in [0.2, 0.25) is 5.91 Å². The molecular weight excluding hydrogens is 332 g/mol. The zero-order valence-corrected chi connectivity index (χ0v) is 14.7. The van der Waals surface area contributed by atoms with Gasteiger partial charge in [-0.25, -0.2) is 5.10 Å². The average Bonchev–Trinajstić information content (AvgIpc) is 2.62. The van der Waals surface area contributed by atoms with Gasteiger partial charge in [0.15, 0.2) is 0 Å². The van der Waals surface area contributed by atoms with E-state index in [9.17, 15) is 14.4 Å². The summed E-state index contributed by atoms with van der Waals surface area (Å²) in [6.45, 7) is 5.34. The number of nitrogens with zero attached hydrogens (tertiary/aromatic N) is 3. The number of benzene rings is 1. The molecule has 134 valence electrons. The highest BCUT2D eigenvalue weighted by atomic mass is 16.2. The standard InChI is InChI=1S/C19H20N4O3/c1-19(2)11-23-15(12-5-3-4-6-13(12)19)9-22(10-17(23)25)18(26)14-7-8-16(24)21-20-14/h3-8,15H,9-11H2,1-2H3,(H,21,24). The quantitative estimate of drug-likeness (QED) is 0.832. The molecule has 1 saturated heterocycles. The van der Waals surface area contributed by atoms with Crippen molar-refractivity contribution >= 4 is 11.8 Å². The normalized spacial score (nSPS) is 21.2. The Bertz CT molecular complexity index is 929. The van der Waals surface area contributed by atoms with Gasteiger partial charge in [0, 0.05) is 24.6 Å². The summed E-state index contributed by atoms with van der Waals surface area (Å²) in [7, 11) is 0. The fraction of sp³-hybridized carbons (Fsp3) is 0.368. The molecule has 1 aromatic carbocycles. The van der Waals surface area contributed by atoms with E-state index < -0.39 is 0 Å². The van der Waals surface area contributed by atoms with Crippen molar-refractivity contribution in [3.05, 3.63) is 63.6 Å². The largest absolute Gasteiger partial charge is 0.331 e. The lowest BCUT2D eigenvalue weighted by Crippen LogP contribution is -2.58. The molecule has 1 aromatic heterocycles. The Morgan fingerprint density at radius 3 is 2.69 bits per heavy atom. The first kappa shape index (κ1) is 16.5. The first-order valence-electron chi connectivity index (χ1n) is 8.61. The van der Waals surface area contributed by atoms with E-state index >= 15 is 0 Å². The van der Waals surface area contributed by atoms with Crippen molar-refractivity contribution in [1.82, 2.24) is 20.0 Å². The molecule has 26 heavy (non-hydrogen) atoms. The number of H-pyrrole nitrogens is 1. The number of aromatic nitrogens is 2. The minimum atomic E-state index is -0.370. The number of nitrogens with one attached hydrogen (secondary N) is 1. The molecule has 0 spiro atoms. The summed E-state index contributed by atoms with van der Waals surface area (Å²) >= 11 is 0. The van der Waals surface area contributed by atoms with Crippen LogP contribution in [-0.4, -0.2) is 51.4 Å². The second-order valence-electron chi connectivity index (χ2n) is 7.50. The van der Waals surface area contributed by atoms with Crippen LogP contribution in [0.5, 0.6) is 0 Å². The maximum absolute atomic E-state index is 12.8. The average molecular weight is 352 g/mol. The Kier molecular flexibility index (Phi) is 3.68. The van der Waals surface area contributed by atoms with Gasteiger partial charge in [-0.05, 0) is 17.2 Å². The lowest BCUT2D eigenvalue weighted by molar-refractivity contribution is -0.140. The van der Waals surface area contributed by atoms with Gasteiger partial charge in [0.05, 0.1) is 6.04 Å². The van der Waals surface area contributed by atoms with Crippen LogP contribution < -0.4 is 5.56 Å². The van der Waals surface area contributed by atoms with Crippen LogP contribution in [0.25, 0.3) is 0 Å². The molecule has 1 N–H and O–H groups in total. The summed E-state index contributed by atoms with van der Waals surface area (Å²) in [5, 5.41) is 6.06. The number of hydrogen-bond acceptors (Lipinski definition) is 4. The smallest absolute Gasteiger partial charge is 0.274 e. The van der Waals surface area contributed by atoms with Gasteiger partial charge < -0.3 is 9.80 Å². The molecule has 2 aliphatic rings. The summed E-state index contributed by atoms with van der Waals surface area (Å²) in [5.41, 5.74) is 1.94. The summed E-state index contributed by atoms with van der Waals surface area (Å²) in [6, 6.07) is 10.6. The van der Waals surface area contributed by atoms with E-state index in [0.29, 0.717) is 13.1 Å². The lowest BCUT2D eigenvalue weighted by atomic mass is 9.75. The van der Waals surface area contributed by atoms with Crippen molar-refractivity contribution < 1.29 is 9.59 Å². The zero-order valence-electron chi connectivity index (χ0n) is 14.7. The van der Waals surface area contributed by atoms with Crippen LogP contribution in [0.1, 0.15) is 41.5 Å². The Balaban J connectivity index is 1.68.